The number of rotatable bonds is 7. The van der Waals surface area contributed by atoms with E-state index in [9.17, 15) is 18.0 Å². The Morgan fingerprint density at radius 1 is 1.26 bits per heavy atom. The molecule has 0 atom stereocenters. The fourth-order valence-corrected chi connectivity index (χ4v) is 1.32. The maximum absolute atomic E-state index is 11.9. The average molecular weight is 276 g/mol. The largest absolute Gasteiger partial charge is 0.484 e. The molecule has 1 rings (SSSR count). The minimum atomic E-state index is -4.14. The molecule has 3 N–H and O–H groups in total. The third kappa shape index (κ3) is 7.30. The van der Waals surface area contributed by atoms with Crippen LogP contribution in [0, 0.1) is 0 Å². The summed E-state index contributed by atoms with van der Waals surface area (Å²) in [6.07, 6.45) is -4.99. The van der Waals surface area contributed by atoms with E-state index in [2.05, 4.69) is 5.32 Å². The maximum atomic E-state index is 11.9. The van der Waals surface area contributed by atoms with E-state index in [0.29, 0.717) is 12.3 Å². The molecule has 106 valence electrons. The zero-order valence-corrected chi connectivity index (χ0v) is 10.2. The van der Waals surface area contributed by atoms with Gasteiger partial charge in [0.05, 0.1) is 6.42 Å². The minimum Gasteiger partial charge on any atom is -0.484 e. The number of hydrogen-bond acceptors (Lipinski definition) is 3. The SMILES string of the molecule is NC(=O)COc1ccc(CNCCC(F)(F)F)cc1. The summed E-state index contributed by atoms with van der Waals surface area (Å²) in [7, 11) is 0. The maximum Gasteiger partial charge on any atom is 0.390 e. The summed E-state index contributed by atoms with van der Waals surface area (Å²) < 4.78 is 40.7. The third-order valence-corrected chi connectivity index (χ3v) is 2.22. The van der Waals surface area contributed by atoms with Crippen molar-refractivity contribution in [2.24, 2.45) is 5.73 Å². The van der Waals surface area contributed by atoms with Gasteiger partial charge in [-0.1, -0.05) is 12.1 Å². The monoisotopic (exact) mass is 276 g/mol. The Morgan fingerprint density at radius 2 is 1.89 bits per heavy atom. The highest BCUT2D eigenvalue weighted by Gasteiger charge is 2.25. The Morgan fingerprint density at radius 3 is 2.42 bits per heavy atom. The van der Waals surface area contributed by atoms with Gasteiger partial charge < -0.3 is 15.8 Å². The number of amides is 1. The third-order valence-electron chi connectivity index (χ3n) is 2.22. The van der Waals surface area contributed by atoms with Crippen molar-refractivity contribution in [1.29, 1.82) is 0 Å². The van der Waals surface area contributed by atoms with E-state index in [-0.39, 0.29) is 13.2 Å². The molecule has 0 aliphatic carbocycles. The Hall–Kier alpha value is -1.76. The molecule has 1 amide bonds. The number of halogens is 3. The van der Waals surface area contributed by atoms with E-state index in [1.807, 2.05) is 0 Å². The number of nitrogens with one attached hydrogen (secondary N) is 1. The number of carbonyl (C=O) groups excluding carboxylic acids is 1. The first-order valence-electron chi connectivity index (χ1n) is 5.64. The van der Waals surface area contributed by atoms with E-state index in [0.717, 1.165) is 5.56 Å². The topological polar surface area (TPSA) is 64.4 Å². The van der Waals surface area contributed by atoms with Gasteiger partial charge in [-0.2, -0.15) is 13.2 Å². The van der Waals surface area contributed by atoms with Crippen molar-refractivity contribution in [3.05, 3.63) is 29.8 Å². The Kier molecular flexibility index (Phi) is 5.62. The average Bonchev–Trinajstić information content (AvgIpc) is 2.32. The summed E-state index contributed by atoms with van der Waals surface area (Å²) in [4.78, 5) is 10.5. The molecule has 0 aliphatic heterocycles. The zero-order valence-electron chi connectivity index (χ0n) is 10.2. The van der Waals surface area contributed by atoms with Crippen LogP contribution in [-0.4, -0.2) is 25.2 Å². The minimum absolute atomic E-state index is 0.122. The number of alkyl halides is 3. The Balaban J connectivity index is 2.30. The predicted molar refractivity (Wildman–Crippen MR) is 63.5 cm³/mol. The van der Waals surface area contributed by atoms with Gasteiger partial charge in [0.2, 0.25) is 0 Å². The van der Waals surface area contributed by atoms with Crippen molar-refractivity contribution in [1.82, 2.24) is 5.32 Å². The molecule has 0 radical (unpaired) electrons. The van der Waals surface area contributed by atoms with Gasteiger partial charge in [-0.3, -0.25) is 4.79 Å². The molecular weight excluding hydrogens is 261 g/mol. The molecule has 0 heterocycles. The van der Waals surface area contributed by atoms with Crippen LogP contribution in [-0.2, 0) is 11.3 Å². The molecule has 0 fully saturated rings. The summed E-state index contributed by atoms with van der Waals surface area (Å²) >= 11 is 0. The van der Waals surface area contributed by atoms with Crippen LogP contribution in [0.5, 0.6) is 5.75 Å². The summed E-state index contributed by atoms with van der Waals surface area (Å²) in [5, 5.41) is 2.69. The lowest BCUT2D eigenvalue weighted by Gasteiger charge is -2.08. The van der Waals surface area contributed by atoms with Crippen LogP contribution in [0.15, 0.2) is 24.3 Å². The van der Waals surface area contributed by atoms with Crippen LogP contribution in [0.3, 0.4) is 0 Å². The Bertz CT molecular complexity index is 404. The lowest BCUT2D eigenvalue weighted by molar-refractivity contribution is -0.133. The Labute approximate surface area is 108 Å². The van der Waals surface area contributed by atoms with Gasteiger partial charge in [0.25, 0.3) is 5.91 Å². The van der Waals surface area contributed by atoms with Gasteiger partial charge in [-0.15, -0.1) is 0 Å². The van der Waals surface area contributed by atoms with E-state index >= 15 is 0 Å². The summed E-state index contributed by atoms with van der Waals surface area (Å²) in [6.45, 7) is 0.0127. The number of carbonyl (C=O) groups is 1. The fourth-order valence-electron chi connectivity index (χ4n) is 1.32. The molecule has 0 aliphatic rings. The van der Waals surface area contributed by atoms with Gasteiger partial charge in [0, 0.05) is 13.1 Å². The lowest BCUT2D eigenvalue weighted by Crippen LogP contribution is -2.21. The first-order valence-corrected chi connectivity index (χ1v) is 5.64. The summed E-state index contributed by atoms with van der Waals surface area (Å²) in [6, 6.07) is 6.67. The van der Waals surface area contributed by atoms with Crippen LogP contribution in [0.25, 0.3) is 0 Å². The molecule has 0 bridgehead atoms. The summed E-state index contributed by atoms with van der Waals surface area (Å²) in [5.74, 6) is -0.0873. The molecule has 1 aromatic carbocycles. The van der Waals surface area contributed by atoms with Gasteiger partial charge in [0.1, 0.15) is 5.75 Å². The van der Waals surface area contributed by atoms with Crippen molar-refractivity contribution in [3.8, 4) is 5.75 Å². The highest BCUT2D eigenvalue weighted by Crippen LogP contribution is 2.18. The van der Waals surface area contributed by atoms with Gasteiger partial charge in [-0.25, -0.2) is 0 Å². The normalized spacial score (nSPS) is 11.3. The van der Waals surface area contributed by atoms with E-state index in [4.69, 9.17) is 10.5 Å². The standard InChI is InChI=1S/C12H15F3N2O2/c13-12(14,15)5-6-17-7-9-1-3-10(4-2-9)19-8-11(16)18/h1-4,17H,5-8H2,(H2,16,18). The van der Waals surface area contributed by atoms with E-state index in [1.54, 1.807) is 24.3 Å². The molecule has 19 heavy (non-hydrogen) atoms. The molecule has 0 spiro atoms. The van der Waals surface area contributed by atoms with Gasteiger partial charge in [-0.05, 0) is 17.7 Å². The van der Waals surface area contributed by atoms with Gasteiger partial charge in [0.15, 0.2) is 6.61 Å². The van der Waals surface area contributed by atoms with Crippen LogP contribution >= 0.6 is 0 Å². The number of primary amides is 1. The fraction of sp³-hybridized carbons (Fsp3) is 0.417. The summed E-state index contributed by atoms with van der Waals surface area (Å²) in [5.41, 5.74) is 5.75. The van der Waals surface area contributed by atoms with Crippen LogP contribution < -0.4 is 15.8 Å². The van der Waals surface area contributed by atoms with Crippen molar-refractivity contribution < 1.29 is 22.7 Å². The highest BCUT2D eigenvalue weighted by atomic mass is 19.4. The first kappa shape index (κ1) is 15.3. The molecule has 7 heteroatoms. The van der Waals surface area contributed by atoms with Gasteiger partial charge >= 0.3 is 6.18 Å². The van der Waals surface area contributed by atoms with Crippen molar-refractivity contribution in [2.75, 3.05) is 13.2 Å². The molecule has 0 saturated heterocycles. The zero-order chi connectivity index (χ0) is 14.3. The first-order chi connectivity index (χ1) is 8.87. The van der Waals surface area contributed by atoms with Crippen molar-refractivity contribution >= 4 is 5.91 Å². The molecule has 1 aromatic rings. The second-order valence-electron chi connectivity index (χ2n) is 3.94. The molecule has 0 saturated carbocycles. The molecular formula is C12H15F3N2O2. The number of hydrogen-bond donors (Lipinski definition) is 2. The van der Waals surface area contributed by atoms with Crippen LogP contribution in [0.2, 0.25) is 0 Å². The second kappa shape index (κ2) is 6.98. The van der Waals surface area contributed by atoms with E-state index < -0.39 is 18.5 Å². The highest BCUT2D eigenvalue weighted by molar-refractivity contribution is 5.75. The van der Waals surface area contributed by atoms with Crippen LogP contribution in [0.1, 0.15) is 12.0 Å². The van der Waals surface area contributed by atoms with E-state index in [1.165, 1.54) is 0 Å². The number of benzene rings is 1. The van der Waals surface area contributed by atoms with Crippen LogP contribution in [0.4, 0.5) is 13.2 Å². The lowest BCUT2D eigenvalue weighted by atomic mass is 10.2. The predicted octanol–water partition coefficient (Wildman–Crippen LogP) is 1.59. The molecule has 0 aromatic heterocycles. The number of ether oxygens (including phenoxy) is 1. The number of nitrogens with two attached hydrogens (primary N) is 1. The smallest absolute Gasteiger partial charge is 0.390 e. The molecule has 4 nitrogen and oxygen atoms in total. The molecule has 0 unspecified atom stereocenters. The van der Waals surface area contributed by atoms with Crippen molar-refractivity contribution in [2.45, 2.75) is 19.1 Å². The van der Waals surface area contributed by atoms with Crippen molar-refractivity contribution in [3.63, 3.8) is 0 Å². The second-order valence-corrected chi connectivity index (χ2v) is 3.94. The quantitative estimate of drug-likeness (QED) is 0.743.